The van der Waals surface area contributed by atoms with Gasteiger partial charge in [0.05, 0.1) is 18.6 Å². The summed E-state index contributed by atoms with van der Waals surface area (Å²) in [6.45, 7) is 0.426. The smallest absolute Gasteiger partial charge is 0.281 e. The quantitative estimate of drug-likeness (QED) is 0.661. The molecular weight excluding hydrogens is 376 g/mol. The second-order valence-electron chi connectivity index (χ2n) is 6.89. The van der Waals surface area contributed by atoms with E-state index in [0.717, 1.165) is 46.3 Å². The van der Waals surface area contributed by atoms with E-state index < -0.39 is 11.9 Å². The number of thiophene rings is 1. The van der Waals surface area contributed by atoms with Gasteiger partial charge in [0.1, 0.15) is 17.2 Å². The lowest BCUT2D eigenvalue weighted by Crippen LogP contribution is -2.45. The number of carbonyl (C=O) groups excluding carboxylic acids is 1. The molecular formula is C20H22N4O3S. The number of nitrogens with two attached hydrogens (primary N) is 1. The Balaban J connectivity index is 1.43. The fraction of sp³-hybridized carbons (Fsp3) is 0.350. The van der Waals surface area contributed by atoms with Crippen LogP contribution in [0.5, 0.6) is 0 Å². The maximum atomic E-state index is 12.9. The highest BCUT2D eigenvalue weighted by molar-refractivity contribution is 7.18. The molecule has 0 aliphatic heterocycles. The van der Waals surface area contributed by atoms with Crippen molar-refractivity contribution in [2.45, 2.75) is 38.3 Å². The van der Waals surface area contributed by atoms with Crippen LogP contribution in [0, 0.1) is 0 Å². The first-order valence-corrected chi connectivity index (χ1v) is 10.1. The average molecular weight is 398 g/mol. The van der Waals surface area contributed by atoms with Gasteiger partial charge in [0.25, 0.3) is 11.5 Å². The molecule has 1 atom stereocenters. The number of hydrogen-bond donors (Lipinski definition) is 2. The van der Waals surface area contributed by atoms with Crippen molar-refractivity contribution in [1.82, 2.24) is 9.66 Å². The number of amides is 1. The first-order chi connectivity index (χ1) is 13.6. The summed E-state index contributed by atoms with van der Waals surface area (Å²) >= 11 is 1.57. The summed E-state index contributed by atoms with van der Waals surface area (Å²) in [5, 5.41) is 0.622. The maximum Gasteiger partial charge on any atom is 0.281 e. The molecule has 0 radical (unpaired) electrons. The molecule has 7 nitrogen and oxygen atoms in total. The van der Waals surface area contributed by atoms with Crippen molar-refractivity contribution in [1.29, 1.82) is 0 Å². The first-order valence-electron chi connectivity index (χ1n) is 9.33. The molecule has 28 heavy (non-hydrogen) atoms. The lowest BCUT2D eigenvalue weighted by Gasteiger charge is -2.14. The van der Waals surface area contributed by atoms with Gasteiger partial charge in [-0.3, -0.25) is 15.0 Å². The maximum absolute atomic E-state index is 12.9. The van der Waals surface area contributed by atoms with Gasteiger partial charge in [-0.05, 0) is 36.8 Å². The number of benzene rings is 1. The SMILES string of the molecule is N[C@@H](COCc1ccccc1)C(=O)Nn1cnc2sc3c(c2c1=O)CCCC3. The molecule has 1 aliphatic rings. The molecule has 0 saturated heterocycles. The molecule has 4 rings (SSSR count). The van der Waals surface area contributed by atoms with Crippen molar-refractivity contribution in [3.05, 3.63) is 63.0 Å². The van der Waals surface area contributed by atoms with Crippen LogP contribution < -0.4 is 16.7 Å². The number of nitrogens with zero attached hydrogens (tertiary/aromatic N) is 2. The molecule has 1 aromatic carbocycles. The van der Waals surface area contributed by atoms with E-state index in [1.165, 1.54) is 11.2 Å². The van der Waals surface area contributed by atoms with Gasteiger partial charge in [-0.25, -0.2) is 9.66 Å². The number of ether oxygens (including phenoxy) is 1. The van der Waals surface area contributed by atoms with Crippen LogP contribution in [0.2, 0.25) is 0 Å². The number of carbonyl (C=O) groups is 1. The summed E-state index contributed by atoms with van der Waals surface area (Å²) in [5.74, 6) is -0.486. The van der Waals surface area contributed by atoms with Gasteiger partial charge in [-0.2, -0.15) is 0 Å². The lowest BCUT2D eigenvalue weighted by molar-refractivity contribution is -0.119. The van der Waals surface area contributed by atoms with E-state index >= 15 is 0 Å². The molecule has 0 bridgehead atoms. The Bertz CT molecular complexity index is 1040. The zero-order valence-corrected chi connectivity index (χ0v) is 16.2. The van der Waals surface area contributed by atoms with Crippen LogP contribution in [0.1, 0.15) is 28.8 Å². The minimum absolute atomic E-state index is 0.0546. The summed E-state index contributed by atoms with van der Waals surface area (Å²) in [5.41, 5.74) is 10.3. The highest BCUT2D eigenvalue weighted by atomic mass is 32.1. The molecule has 146 valence electrons. The molecule has 1 aliphatic carbocycles. The predicted octanol–water partition coefficient (Wildman–Crippen LogP) is 1.95. The van der Waals surface area contributed by atoms with Crippen molar-refractivity contribution < 1.29 is 9.53 Å². The first kappa shape index (κ1) is 18.8. The van der Waals surface area contributed by atoms with E-state index in [9.17, 15) is 9.59 Å². The summed E-state index contributed by atoms with van der Waals surface area (Å²) in [7, 11) is 0. The van der Waals surface area contributed by atoms with Crippen LogP contribution >= 0.6 is 11.3 Å². The zero-order valence-electron chi connectivity index (χ0n) is 15.4. The van der Waals surface area contributed by atoms with Crippen LogP contribution in [0.25, 0.3) is 10.2 Å². The van der Waals surface area contributed by atoms with Gasteiger partial charge < -0.3 is 10.5 Å². The third-order valence-corrected chi connectivity index (χ3v) is 6.05. The van der Waals surface area contributed by atoms with E-state index in [2.05, 4.69) is 10.4 Å². The van der Waals surface area contributed by atoms with E-state index in [4.69, 9.17) is 10.5 Å². The van der Waals surface area contributed by atoms with Gasteiger partial charge in [-0.1, -0.05) is 30.3 Å². The summed E-state index contributed by atoms with van der Waals surface area (Å²) in [6.07, 6.45) is 5.44. The number of nitrogens with one attached hydrogen (secondary N) is 1. The standard InChI is InChI=1S/C20H22N4O3S/c21-15(11-27-10-13-6-2-1-3-7-13)18(25)23-24-12-22-19-17(20(24)26)14-8-4-5-9-16(14)28-19/h1-3,6-7,12,15H,4-5,8-11,21H2,(H,23,25)/t15-/m0/s1. The number of fused-ring (bicyclic) bond motifs is 3. The van der Waals surface area contributed by atoms with Crippen LogP contribution in [0.4, 0.5) is 0 Å². The van der Waals surface area contributed by atoms with E-state index in [1.807, 2.05) is 30.3 Å². The lowest BCUT2D eigenvalue weighted by atomic mass is 9.97. The summed E-state index contributed by atoms with van der Waals surface area (Å²) in [6, 6.07) is 8.76. The van der Waals surface area contributed by atoms with Gasteiger partial charge in [0.2, 0.25) is 0 Å². The molecule has 2 heterocycles. The molecule has 0 spiro atoms. The predicted molar refractivity (Wildman–Crippen MR) is 109 cm³/mol. The molecule has 0 unspecified atom stereocenters. The average Bonchev–Trinajstić information content (AvgIpc) is 3.10. The Morgan fingerprint density at radius 1 is 1.29 bits per heavy atom. The molecule has 0 saturated carbocycles. The van der Waals surface area contributed by atoms with Crippen molar-refractivity contribution in [2.24, 2.45) is 5.73 Å². The largest absolute Gasteiger partial charge is 0.375 e. The second kappa shape index (κ2) is 8.22. The Kier molecular flexibility index (Phi) is 5.52. The molecule has 1 amide bonds. The van der Waals surface area contributed by atoms with Crippen LogP contribution in [0.3, 0.4) is 0 Å². The van der Waals surface area contributed by atoms with Gasteiger partial charge >= 0.3 is 0 Å². The van der Waals surface area contributed by atoms with Gasteiger partial charge in [0.15, 0.2) is 0 Å². The molecule has 0 fully saturated rings. The van der Waals surface area contributed by atoms with E-state index in [-0.39, 0.29) is 12.2 Å². The van der Waals surface area contributed by atoms with Gasteiger partial charge in [-0.15, -0.1) is 11.3 Å². The molecule has 8 heteroatoms. The Morgan fingerprint density at radius 3 is 2.89 bits per heavy atom. The van der Waals surface area contributed by atoms with Crippen molar-refractivity contribution >= 4 is 27.5 Å². The van der Waals surface area contributed by atoms with Crippen LogP contribution in [-0.2, 0) is 29.0 Å². The Morgan fingerprint density at radius 2 is 2.07 bits per heavy atom. The van der Waals surface area contributed by atoms with Crippen molar-refractivity contribution in [3.63, 3.8) is 0 Å². The number of rotatable bonds is 6. The zero-order chi connectivity index (χ0) is 19.5. The van der Waals surface area contributed by atoms with Crippen LogP contribution in [0.15, 0.2) is 41.5 Å². The van der Waals surface area contributed by atoms with Crippen molar-refractivity contribution in [2.75, 3.05) is 12.0 Å². The third-order valence-electron chi connectivity index (χ3n) is 4.85. The number of aryl methyl sites for hydroxylation is 2. The normalized spacial score (nSPS) is 14.6. The summed E-state index contributed by atoms with van der Waals surface area (Å²) in [4.78, 5) is 31.6. The van der Waals surface area contributed by atoms with Crippen molar-refractivity contribution in [3.8, 4) is 0 Å². The minimum Gasteiger partial charge on any atom is -0.375 e. The summed E-state index contributed by atoms with van der Waals surface area (Å²) < 4.78 is 6.64. The minimum atomic E-state index is -0.886. The number of hydrogen-bond acceptors (Lipinski definition) is 6. The highest BCUT2D eigenvalue weighted by Gasteiger charge is 2.21. The van der Waals surface area contributed by atoms with E-state index in [0.29, 0.717) is 12.0 Å². The highest BCUT2D eigenvalue weighted by Crippen LogP contribution is 2.33. The van der Waals surface area contributed by atoms with Gasteiger partial charge in [0, 0.05) is 4.88 Å². The molecule has 3 N–H and O–H groups in total. The third kappa shape index (κ3) is 3.84. The van der Waals surface area contributed by atoms with E-state index in [1.54, 1.807) is 11.3 Å². The second-order valence-corrected chi connectivity index (χ2v) is 7.98. The fourth-order valence-corrected chi connectivity index (χ4v) is 4.60. The monoisotopic (exact) mass is 398 g/mol. The molecule has 3 aromatic rings. The topological polar surface area (TPSA) is 99.2 Å². The Labute approximate surface area is 166 Å². The Hall–Kier alpha value is -2.55. The van der Waals surface area contributed by atoms with Crippen LogP contribution in [-0.4, -0.2) is 28.2 Å². The fourth-order valence-electron chi connectivity index (χ4n) is 3.38. The molecule has 2 aromatic heterocycles. The number of aromatic nitrogens is 2.